The third kappa shape index (κ3) is 4.87. The Hall–Kier alpha value is -3.35. The Labute approximate surface area is 183 Å². The number of benzene rings is 2. The van der Waals surface area contributed by atoms with Gasteiger partial charge >= 0.3 is 0 Å². The van der Waals surface area contributed by atoms with Gasteiger partial charge in [0.05, 0.1) is 26.0 Å². The lowest BCUT2D eigenvalue weighted by Crippen LogP contribution is -2.40. The molecule has 1 atom stereocenters. The first kappa shape index (κ1) is 22.3. The van der Waals surface area contributed by atoms with Crippen LogP contribution in [0.4, 0.5) is 0 Å². The maximum absolute atomic E-state index is 13.2. The number of carbonyl (C=O) groups is 2. The highest BCUT2D eigenvalue weighted by Crippen LogP contribution is 2.37. The molecule has 2 aromatic rings. The lowest BCUT2D eigenvalue weighted by molar-refractivity contribution is -0.142. The summed E-state index contributed by atoms with van der Waals surface area (Å²) < 4.78 is 10.8. The summed E-state index contributed by atoms with van der Waals surface area (Å²) in [5, 5.41) is 6.16. The second kappa shape index (κ2) is 9.64. The van der Waals surface area contributed by atoms with Gasteiger partial charge in [0.15, 0.2) is 0 Å². The van der Waals surface area contributed by atoms with Crippen LogP contribution in [0, 0.1) is 5.92 Å². The summed E-state index contributed by atoms with van der Waals surface area (Å²) in [6, 6.07) is 14.9. The first-order valence-electron chi connectivity index (χ1n) is 10.3. The highest BCUT2D eigenvalue weighted by atomic mass is 16.5. The van der Waals surface area contributed by atoms with Crippen molar-refractivity contribution in [2.75, 3.05) is 27.8 Å². The molecule has 0 spiro atoms. The number of hydrogen-bond donors (Lipinski definition) is 0. The molecule has 31 heavy (non-hydrogen) atoms. The van der Waals surface area contributed by atoms with Crippen molar-refractivity contribution in [3.63, 3.8) is 0 Å². The molecule has 3 rings (SSSR count). The molecule has 1 aliphatic rings. The van der Waals surface area contributed by atoms with Crippen LogP contribution >= 0.6 is 0 Å². The van der Waals surface area contributed by atoms with Gasteiger partial charge in [-0.1, -0.05) is 32.0 Å². The number of likely N-dealkylation sites (N-methyl/N-ethyl adjacent to an activating group) is 1. The molecule has 0 fully saturated rings. The second-order valence-electron chi connectivity index (χ2n) is 7.82. The van der Waals surface area contributed by atoms with Crippen LogP contribution in [-0.2, 0) is 9.59 Å². The Morgan fingerprint density at radius 1 is 1.10 bits per heavy atom. The zero-order chi connectivity index (χ0) is 22.5. The third-order valence-electron chi connectivity index (χ3n) is 5.33. The average molecular weight is 424 g/mol. The zero-order valence-electron chi connectivity index (χ0n) is 18.7. The van der Waals surface area contributed by atoms with Crippen LogP contribution in [-0.4, -0.2) is 55.2 Å². The van der Waals surface area contributed by atoms with Crippen LogP contribution in [0.25, 0.3) is 0 Å². The minimum Gasteiger partial charge on any atom is -0.497 e. The Bertz CT molecular complexity index is 969. The van der Waals surface area contributed by atoms with Gasteiger partial charge in [-0.3, -0.25) is 9.59 Å². The Morgan fingerprint density at radius 3 is 2.39 bits per heavy atom. The fraction of sp³-hybridized carbons (Fsp3) is 0.375. The molecular formula is C24H29N3O4. The monoisotopic (exact) mass is 423 g/mol. The molecule has 2 aromatic carbocycles. The molecule has 0 N–H and O–H groups in total. The van der Waals surface area contributed by atoms with Crippen molar-refractivity contribution in [3.05, 3.63) is 59.7 Å². The molecule has 7 nitrogen and oxygen atoms in total. The van der Waals surface area contributed by atoms with Crippen LogP contribution in [0.5, 0.6) is 11.5 Å². The summed E-state index contributed by atoms with van der Waals surface area (Å²) in [7, 11) is 4.87. The second-order valence-corrected chi connectivity index (χ2v) is 7.82. The van der Waals surface area contributed by atoms with E-state index in [1.54, 1.807) is 21.3 Å². The predicted molar refractivity (Wildman–Crippen MR) is 119 cm³/mol. The van der Waals surface area contributed by atoms with Crippen molar-refractivity contribution in [3.8, 4) is 11.5 Å². The summed E-state index contributed by atoms with van der Waals surface area (Å²) in [5.41, 5.74) is 2.59. The number of hydrogen-bond acceptors (Lipinski definition) is 5. The van der Waals surface area contributed by atoms with E-state index in [2.05, 4.69) is 5.10 Å². The van der Waals surface area contributed by atoms with E-state index in [0.717, 1.165) is 22.6 Å². The number of carbonyl (C=O) groups excluding carboxylic acids is 2. The van der Waals surface area contributed by atoms with Gasteiger partial charge in [-0.2, -0.15) is 5.10 Å². The van der Waals surface area contributed by atoms with E-state index < -0.39 is 0 Å². The fourth-order valence-electron chi connectivity index (χ4n) is 3.68. The minimum absolute atomic E-state index is 0.0396. The first-order chi connectivity index (χ1) is 14.8. The van der Waals surface area contributed by atoms with E-state index in [1.807, 2.05) is 62.4 Å². The van der Waals surface area contributed by atoms with Crippen molar-refractivity contribution in [2.24, 2.45) is 11.0 Å². The molecular weight excluding hydrogens is 394 g/mol. The highest BCUT2D eigenvalue weighted by Gasteiger charge is 2.35. The molecule has 0 saturated carbocycles. The molecule has 0 aliphatic carbocycles. The molecule has 7 heteroatoms. The quantitative estimate of drug-likeness (QED) is 0.683. The average Bonchev–Trinajstić information content (AvgIpc) is 3.23. The van der Waals surface area contributed by atoms with E-state index in [0.29, 0.717) is 12.2 Å². The molecule has 1 aliphatic heterocycles. The standard InChI is InChI=1S/C24H29N3O4/c1-16(2)24(29)26(3)15-23(28)27-21(19-8-6-7-9-22(19)31-5)14-20(25-27)17-10-12-18(30-4)13-11-17/h6-13,16,21H,14-15H2,1-5H3. The smallest absolute Gasteiger partial charge is 0.262 e. The van der Waals surface area contributed by atoms with Gasteiger partial charge < -0.3 is 14.4 Å². The number of nitrogens with zero attached hydrogens (tertiary/aromatic N) is 3. The van der Waals surface area contributed by atoms with Gasteiger partial charge in [-0.25, -0.2) is 5.01 Å². The van der Waals surface area contributed by atoms with Crippen molar-refractivity contribution < 1.29 is 19.1 Å². The molecule has 1 unspecified atom stereocenters. The summed E-state index contributed by atoms with van der Waals surface area (Å²) in [4.78, 5) is 26.9. The van der Waals surface area contributed by atoms with Gasteiger partial charge in [-0.15, -0.1) is 0 Å². The summed E-state index contributed by atoms with van der Waals surface area (Å²) in [5.74, 6) is 0.949. The van der Waals surface area contributed by atoms with Gasteiger partial charge in [0, 0.05) is 24.9 Å². The molecule has 0 bridgehead atoms. The maximum Gasteiger partial charge on any atom is 0.262 e. The van der Waals surface area contributed by atoms with E-state index in [4.69, 9.17) is 9.47 Å². The van der Waals surface area contributed by atoms with Crippen molar-refractivity contribution >= 4 is 17.5 Å². The SMILES string of the molecule is COc1ccc(C2=NN(C(=O)CN(C)C(=O)C(C)C)C(c3ccccc3OC)C2)cc1. The van der Waals surface area contributed by atoms with Gasteiger partial charge in [-0.05, 0) is 35.9 Å². The summed E-state index contributed by atoms with van der Waals surface area (Å²) >= 11 is 0. The number of ether oxygens (including phenoxy) is 2. The van der Waals surface area contributed by atoms with Gasteiger partial charge in [0.25, 0.3) is 5.91 Å². The molecule has 2 amide bonds. The Kier molecular flexibility index (Phi) is 6.95. The lowest BCUT2D eigenvalue weighted by atomic mass is 9.97. The summed E-state index contributed by atoms with van der Waals surface area (Å²) in [6.07, 6.45) is 0.542. The molecule has 164 valence electrons. The highest BCUT2D eigenvalue weighted by molar-refractivity contribution is 6.03. The largest absolute Gasteiger partial charge is 0.497 e. The van der Waals surface area contributed by atoms with Crippen LogP contribution in [0.1, 0.15) is 37.4 Å². The van der Waals surface area contributed by atoms with Crippen LogP contribution in [0.15, 0.2) is 53.6 Å². The fourth-order valence-corrected chi connectivity index (χ4v) is 3.68. The van der Waals surface area contributed by atoms with Crippen LogP contribution in [0.2, 0.25) is 0 Å². The lowest BCUT2D eigenvalue weighted by Gasteiger charge is -2.26. The topological polar surface area (TPSA) is 71.4 Å². The zero-order valence-corrected chi connectivity index (χ0v) is 18.7. The van der Waals surface area contributed by atoms with Crippen LogP contribution < -0.4 is 9.47 Å². The maximum atomic E-state index is 13.2. The van der Waals surface area contributed by atoms with E-state index >= 15 is 0 Å². The van der Waals surface area contributed by atoms with E-state index in [9.17, 15) is 9.59 Å². The van der Waals surface area contributed by atoms with Crippen molar-refractivity contribution in [1.82, 2.24) is 9.91 Å². The Balaban J connectivity index is 1.93. The number of rotatable bonds is 7. The number of methoxy groups -OCH3 is 2. The van der Waals surface area contributed by atoms with Gasteiger partial charge in [0.1, 0.15) is 18.0 Å². The number of amides is 2. The van der Waals surface area contributed by atoms with Crippen molar-refractivity contribution in [1.29, 1.82) is 0 Å². The van der Waals surface area contributed by atoms with E-state index in [-0.39, 0.29) is 30.3 Å². The van der Waals surface area contributed by atoms with Crippen LogP contribution in [0.3, 0.4) is 0 Å². The molecule has 0 radical (unpaired) electrons. The van der Waals surface area contributed by atoms with Crippen molar-refractivity contribution in [2.45, 2.75) is 26.3 Å². The minimum atomic E-state index is -0.316. The van der Waals surface area contributed by atoms with E-state index in [1.165, 1.54) is 9.91 Å². The predicted octanol–water partition coefficient (Wildman–Crippen LogP) is 3.50. The van der Waals surface area contributed by atoms with Gasteiger partial charge in [0.2, 0.25) is 5.91 Å². The first-order valence-corrected chi connectivity index (χ1v) is 10.3. The molecule has 0 aromatic heterocycles. The molecule has 0 saturated heterocycles. The Morgan fingerprint density at radius 2 is 1.77 bits per heavy atom. The number of hydrazone groups is 1. The third-order valence-corrected chi connectivity index (χ3v) is 5.33. The normalized spacial score (nSPS) is 15.6. The molecule has 1 heterocycles. The number of para-hydroxylation sites is 1. The summed E-state index contributed by atoms with van der Waals surface area (Å²) in [6.45, 7) is 3.59.